The van der Waals surface area contributed by atoms with Crippen molar-refractivity contribution in [3.05, 3.63) is 11.1 Å². The first kappa shape index (κ1) is 9.58. The minimum Gasteiger partial charge on any atom is -0.339 e. The number of thioether (sulfide) groups is 1. The third kappa shape index (κ3) is 2.09. The molecule has 0 aromatic rings. The summed E-state index contributed by atoms with van der Waals surface area (Å²) in [5.41, 5.74) is 0. The van der Waals surface area contributed by atoms with Crippen molar-refractivity contribution in [3.63, 3.8) is 0 Å². The van der Waals surface area contributed by atoms with Gasteiger partial charge in [0.25, 0.3) is 0 Å². The molecular formula is C9H12N2O2S. The third-order valence-electron chi connectivity index (χ3n) is 2.29. The van der Waals surface area contributed by atoms with Crippen LogP contribution in [0.2, 0.25) is 0 Å². The molecule has 2 saturated heterocycles. The zero-order valence-electron chi connectivity index (χ0n) is 7.78. The summed E-state index contributed by atoms with van der Waals surface area (Å²) in [6.07, 6.45) is 3.71. The molecular weight excluding hydrogens is 200 g/mol. The Hall–Kier alpha value is -0.970. The standard InChI is InChI=1S/C9H12N2O2S/c12-7-6-14-8(10-7)5-9(13)11-3-1-2-4-11/h5H,1-4,6H2,(H,10,12)/b8-5+. The van der Waals surface area contributed by atoms with Crippen molar-refractivity contribution in [3.8, 4) is 0 Å². The minimum absolute atomic E-state index is 0.0181. The molecule has 0 unspecified atom stereocenters. The van der Waals surface area contributed by atoms with Crippen molar-refractivity contribution in [2.24, 2.45) is 0 Å². The maximum Gasteiger partial charge on any atom is 0.249 e. The van der Waals surface area contributed by atoms with E-state index in [2.05, 4.69) is 5.32 Å². The summed E-state index contributed by atoms with van der Waals surface area (Å²) in [6.45, 7) is 1.70. The Morgan fingerprint density at radius 1 is 1.43 bits per heavy atom. The molecule has 2 rings (SSSR count). The molecule has 0 bridgehead atoms. The van der Waals surface area contributed by atoms with Gasteiger partial charge in [-0.15, -0.1) is 0 Å². The van der Waals surface area contributed by atoms with Crippen LogP contribution in [0.1, 0.15) is 12.8 Å². The van der Waals surface area contributed by atoms with Crippen molar-refractivity contribution >= 4 is 23.6 Å². The van der Waals surface area contributed by atoms with Gasteiger partial charge < -0.3 is 10.2 Å². The quantitative estimate of drug-likeness (QED) is 0.637. The van der Waals surface area contributed by atoms with E-state index >= 15 is 0 Å². The summed E-state index contributed by atoms with van der Waals surface area (Å²) in [4.78, 5) is 24.3. The molecule has 2 aliphatic rings. The Labute approximate surface area is 86.7 Å². The Kier molecular flexibility index (Phi) is 2.77. The van der Waals surface area contributed by atoms with Gasteiger partial charge in [0.2, 0.25) is 11.8 Å². The van der Waals surface area contributed by atoms with Gasteiger partial charge in [-0.1, -0.05) is 11.8 Å². The summed E-state index contributed by atoms with van der Waals surface area (Å²) in [6, 6.07) is 0. The van der Waals surface area contributed by atoms with Crippen molar-refractivity contribution in [1.82, 2.24) is 10.2 Å². The average molecular weight is 212 g/mol. The van der Waals surface area contributed by atoms with E-state index in [1.54, 1.807) is 0 Å². The molecule has 5 heteroatoms. The fourth-order valence-corrected chi connectivity index (χ4v) is 2.30. The topological polar surface area (TPSA) is 49.4 Å². The number of carbonyl (C=O) groups excluding carboxylic acids is 2. The lowest BCUT2D eigenvalue weighted by molar-refractivity contribution is -0.125. The first-order valence-electron chi connectivity index (χ1n) is 4.69. The van der Waals surface area contributed by atoms with Gasteiger partial charge in [0, 0.05) is 19.2 Å². The van der Waals surface area contributed by atoms with E-state index in [-0.39, 0.29) is 11.8 Å². The number of amides is 2. The molecule has 2 amide bonds. The van der Waals surface area contributed by atoms with E-state index in [9.17, 15) is 9.59 Å². The highest BCUT2D eigenvalue weighted by molar-refractivity contribution is 8.04. The maximum atomic E-state index is 11.6. The highest BCUT2D eigenvalue weighted by Crippen LogP contribution is 2.19. The maximum absolute atomic E-state index is 11.6. The number of rotatable bonds is 1. The van der Waals surface area contributed by atoms with Crippen LogP contribution in [0.4, 0.5) is 0 Å². The molecule has 76 valence electrons. The largest absolute Gasteiger partial charge is 0.339 e. The molecule has 0 aromatic heterocycles. The predicted octanol–water partition coefficient (Wildman–Crippen LogP) is 0.313. The van der Waals surface area contributed by atoms with E-state index < -0.39 is 0 Å². The van der Waals surface area contributed by atoms with Gasteiger partial charge in [-0.3, -0.25) is 9.59 Å². The summed E-state index contributed by atoms with van der Waals surface area (Å²) in [7, 11) is 0. The Bertz CT molecular complexity index is 295. The Morgan fingerprint density at radius 3 is 2.71 bits per heavy atom. The van der Waals surface area contributed by atoms with Crippen LogP contribution in [0.5, 0.6) is 0 Å². The van der Waals surface area contributed by atoms with Gasteiger partial charge in [0.15, 0.2) is 0 Å². The Morgan fingerprint density at radius 2 is 2.14 bits per heavy atom. The normalized spacial score (nSPS) is 24.4. The molecule has 0 saturated carbocycles. The highest BCUT2D eigenvalue weighted by atomic mass is 32.2. The number of likely N-dealkylation sites (tertiary alicyclic amines) is 1. The first-order chi connectivity index (χ1) is 6.75. The summed E-state index contributed by atoms with van der Waals surface area (Å²) < 4.78 is 0. The lowest BCUT2D eigenvalue weighted by atomic mass is 10.4. The molecule has 0 aromatic carbocycles. The number of nitrogens with zero attached hydrogens (tertiary/aromatic N) is 1. The zero-order chi connectivity index (χ0) is 9.97. The van der Waals surface area contributed by atoms with Crippen LogP contribution in [0, 0.1) is 0 Å². The lowest BCUT2D eigenvalue weighted by Crippen LogP contribution is -2.26. The fourth-order valence-electron chi connectivity index (χ4n) is 1.57. The second-order valence-corrected chi connectivity index (χ2v) is 4.40. The van der Waals surface area contributed by atoms with E-state index in [1.165, 1.54) is 17.8 Å². The second-order valence-electron chi connectivity index (χ2n) is 3.38. The zero-order valence-corrected chi connectivity index (χ0v) is 8.60. The fraction of sp³-hybridized carbons (Fsp3) is 0.556. The molecule has 1 N–H and O–H groups in total. The van der Waals surface area contributed by atoms with Crippen molar-refractivity contribution in [1.29, 1.82) is 0 Å². The lowest BCUT2D eigenvalue weighted by Gasteiger charge is -2.12. The molecule has 2 heterocycles. The van der Waals surface area contributed by atoms with Crippen LogP contribution >= 0.6 is 11.8 Å². The minimum atomic E-state index is -0.0181. The molecule has 0 aliphatic carbocycles. The molecule has 2 fully saturated rings. The van der Waals surface area contributed by atoms with Gasteiger partial charge >= 0.3 is 0 Å². The molecule has 0 spiro atoms. The van der Waals surface area contributed by atoms with Crippen molar-refractivity contribution in [2.45, 2.75) is 12.8 Å². The monoisotopic (exact) mass is 212 g/mol. The predicted molar refractivity (Wildman–Crippen MR) is 54.5 cm³/mol. The first-order valence-corrected chi connectivity index (χ1v) is 5.67. The summed E-state index contributed by atoms with van der Waals surface area (Å²) >= 11 is 1.39. The van der Waals surface area contributed by atoms with Crippen molar-refractivity contribution < 1.29 is 9.59 Å². The average Bonchev–Trinajstić information content (AvgIpc) is 2.75. The smallest absolute Gasteiger partial charge is 0.249 e. The molecule has 2 aliphatic heterocycles. The van der Waals surface area contributed by atoms with Gasteiger partial charge in [-0.2, -0.15) is 0 Å². The SMILES string of the molecule is O=C1CS/C(=C/C(=O)N2CCCC2)N1. The van der Waals surface area contributed by atoms with Gasteiger partial charge in [0.1, 0.15) is 0 Å². The summed E-state index contributed by atoms with van der Waals surface area (Å²) in [5, 5.41) is 3.33. The van der Waals surface area contributed by atoms with Crippen LogP contribution in [0.3, 0.4) is 0 Å². The highest BCUT2D eigenvalue weighted by Gasteiger charge is 2.20. The van der Waals surface area contributed by atoms with Gasteiger partial charge in [-0.25, -0.2) is 0 Å². The Balaban J connectivity index is 1.95. The number of nitrogens with one attached hydrogen (secondary N) is 1. The third-order valence-corrected chi connectivity index (χ3v) is 3.23. The van der Waals surface area contributed by atoms with Crippen LogP contribution in [-0.2, 0) is 9.59 Å². The van der Waals surface area contributed by atoms with Crippen molar-refractivity contribution in [2.75, 3.05) is 18.8 Å². The molecule has 4 nitrogen and oxygen atoms in total. The molecule has 14 heavy (non-hydrogen) atoms. The number of carbonyl (C=O) groups is 2. The molecule has 0 radical (unpaired) electrons. The van der Waals surface area contributed by atoms with E-state index in [4.69, 9.17) is 0 Å². The van der Waals surface area contributed by atoms with Crippen LogP contribution < -0.4 is 5.32 Å². The summed E-state index contributed by atoms with van der Waals surface area (Å²) in [5.74, 6) is 0.432. The van der Waals surface area contributed by atoms with Gasteiger partial charge in [0.05, 0.1) is 10.8 Å². The van der Waals surface area contributed by atoms with E-state index in [0.717, 1.165) is 25.9 Å². The van der Waals surface area contributed by atoms with Crippen LogP contribution in [-0.4, -0.2) is 35.6 Å². The molecule has 0 atom stereocenters. The number of hydrogen-bond acceptors (Lipinski definition) is 3. The van der Waals surface area contributed by atoms with Gasteiger partial charge in [-0.05, 0) is 12.8 Å². The van der Waals surface area contributed by atoms with E-state index in [1.807, 2.05) is 4.90 Å². The van der Waals surface area contributed by atoms with E-state index in [0.29, 0.717) is 10.8 Å². The van der Waals surface area contributed by atoms with Crippen LogP contribution in [0.25, 0.3) is 0 Å². The second kappa shape index (κ2) is 4.04. The van der Waals surface area contributed by atoms with Crippen LogP contribution in [0.15, 0.2) is 11.1 Å². The number of hydrogen-bond donors (Lipinski definition) is 1.